The lowest BCUT2D eigenvalue weighted by molar-refractivity contribution is 0.242. The van der Waals surface area contributed by atoms with Gasteiger partial charge >= 0.3 is 0 Å². The van der Waals surface area contributed by atoms with Crippen LogP contribution in [0, 0.1) is 0 Å². The van der Waals surface area contributed by atoms with E-state index in [4.69, 9.17) is 14.2 Å². The molecule has 0 spiro atoms. The lowest BCUT2D eigenvalue weighted by Crippen LogP contribution is -2.17. The largest absolute Gasteiger partial charge is 0.496 e. The van der Waals surface area contributed by atoms with Gasteiger partial charge in [0.2, 0.25) is 10.0 Å². The van der Waals surface area contributed by atoms with Gasteiger partial charge in [0.1, 0.15) is 29.1 Å². The highest BCUT2D eigenvalue weighted by molar-refractivity contribution is 7.92. The van der Waals surface area contributed by atoms with Crippen molar-refractivity contribution < 1.29 is 22.6 Å². The first-order valence-electron chi connectivity index (χ1n) is 10.7. The van der Waals surface area contributed by atoms with E-state index in [1.54, 1.807) is 13.2 Å². The standard InChI is InChI=1S/C27H23NO5S/c1-31-24-9-6-10-25-26(24)22-16-13-19(28-34(2,29)30)17-23(22)27(33-25)18-11-14-21(15-12-18)32-20-7-4-3-5-8-20/h3-17,27-28H,1-2H3. The van der Waals surface area contributed by atoms with Gasteiger partial charge in [0.25, 0.3) is 0 Å². The first-order chi connectivity index (χ1) is 16.4. The van der Waals surface area contributed by atoms with Crippen molar-refractivity contribution in [3.05, 3.63) is 102 Å². The van der Waals surface area contributed by atoms with Gasteiger partial charge in [-0.1, -0.05) is 42.5 Å². The van der Waals surface area contributed by atoms with E-state index in [0.717, 1.165) is 34.3 Å². The Bertz CT molecular complexity index is 1430. The van der Waals surface area contributed by atoms with Crippen molar-refractivity contribution in [2.24, 2.45) is 0 Å². The van der Waals surface area contributed by atoms with Gasteiger partial charge in [-0.2, -0.15) is 0 Å². The van der Waals surface area contributed by atoms with Crippen LogP contribution in [-0.4, -0.2) is 21.8 Å². The predicted octanol–water partition coefficient (Wildman–Crippen LogP) is 6.01. The maximum atomic E-state index is 11.8. The summed E-state index contributed by atoms with van der Waals surface area (Å²) >= 11 is 0. The second-order valence-corrected chi connectivity index (χ2v) is 9.74. The van der Waals surface area contributed by atoms with Gasteiger partial charge in [0, 0.05) is 11.3 Å². The van der Waals surface area contributed by atoms with Gasteiger partial charge < -0.3 is 14.2 Å². The molecule has 0 bridgehead atoms. The number of para-hydroxylation sites is 1. The Labute approximate surface area is 198 Å². The van der Waals surface area contributed by atoms with Crippen LogP contribution < -0.4 is 18.9 Å². The van der Waals surface area contributed by atoms with Crippen LogP contribution in [0.25, 0.3) is 11.1 Å². The molecule has 4 aromatic rings. The number of methoxy groups -OCH3 is 1. The molecule has 0 aliphatic carbocycles. The third kappa shape index (κ3) is 4.43. The van der Waals surface area contributed by atoms with Crippen molar-refractivity contribution >= 4 is 15.7 Å². The molecule has 1 aliphatic rings. The summed E-state index contributed by atoms with van der Waals surface area (Å²) in [4.78, 5) is 0. The third-order valence-corrected chi connectivity index (χ3v) is 6.13. The number of sulfonamides is 1. The highest BCUT2D eigenvalue weighted by Gasteiger charge is 2.30. The molecule has 1 aliphatic heterocycles. The molecule has 0 saturated heterocycles. The van der Waals surface area contributed by atoms with E-state index in [9.17, 15) is 8.42 Å². The zero-order valence-electron chi connectivity index (χ0n) is 18.7. The van der Waals surface area contributed by atoms with E-state index in [0.29, 0.717) is 22.9 Å². The van der Waals surface area contributed by atoms with Crippen molar-refractivity contribution in [2.75, 3.05) is 18.1 Å². The summed E-state index contributed by atoms with van der Waals surface area (Å²) in [6.07, 6.45) is 0.686. The van der Waals surface area contributed by atoms with Gasteiger partial charge in [-0.05, 0) is 59.7 Å². The number of hydrogen-bond acceptors (Lipinski definition) is 5. The Morgan fingerprint density at radius 2 is 1.59 bits per heavy atom. The molecule has 0 radical (unpaired) electrons. The van der Waals surface area contributed by atoms with E-state index in [1.165, 1.54) is 0 Å². The van der Waals surface area contributed by atoms with Crippen molar-refractivity contribution in [3.63, 3.8) is 0 Å². The SMILES string of the molecule is COc1cccc2c1-c1ccc(NS(C)(=O)=O)cc1C(c1ccc(Oc3ccccc3)cc1)O2. The molecule has 0 aromatic heterocycles. The maximum Gasteiger partial charge on any atom is 0.229 e. The summed E-state index contributed by atoms with van der Waals surface area (Å²) in [6.45, 7) is 0. The highest BCUT2D eigenvalue weighted by Crippen LogP contribution is 2.49. The minimum atomic E-state index is -3.43. The normalized spacial score (nSPS) is 14.4. The summed E-state index contributed by atoms with van der Waals surface area (Å²) in [7, 11) is -1.81. The maximum absolute atomic E-state index is 11.8. The number of benzene rings is 4. The van der Waals surface area contributed by atoms with E-state index in [2.05, 4.69) is 4.72 Å². The summed E-state index contributed by atoms with van der Waals surface area (Å²) < 4.78 is 44.2. The molecule has 1 atom stereocenters. The minimum absolute atomic E-state index is 0.443. The number of anilines is 1. The van der Waals surface area contributed by atoms with Gasteiger partial charge in [0.05, 0.1) is 18.9 Å². The van der Waals surface area contributed by atoms with Crippen LogP contribution in [-0.2, 0) is 10.0 Å². The number of hydrogen-bond donors (Lipinski definition) is 1. The van der Waals surface area contributed by atoms with Crippen LogP contribution >= 0.6 is 0 Å². The van der Waals surface area contributed by atoms with E-state index >= 15 is 0 Å². The van der Waals surface area contributed by atoms with Crippen LogP contribution in [0.1, 0.15) is 17.2 Å². The summed E-state index contributed by atoms with van der Waals surface area (Å²) in [5.41, 5.74) is 3.98. The fourth-order valence-electron chi connectivity index (χ4n) is 4.10. The quantitative estimate of drug-likeness (QED) is 0.371. The Hall–Kier alpha value is -3.97. The van der Waals surface area contributed by atoms with Gasteiger partial charge in [-0.15, -0.1) is 0 Å². The monoisotopic (exact) mass is 473 g/mol. The molecule has 172 valence electrons. The molecule has 0 saturated carbocycles. The van der Waals surface area contributed by atoms with Gasteiger partial charge in [-0.25, -0.2) is 8.42 Å². The molecule has 1 heterocycles. The zero-order valence-corrected chi connectivity index (χ0v) is 19.5. The topological polar surface area (TPSA) is 73.9 Å². The average Bonchev–Trinajstić information content (AvgIpc) is 2.83. The van der Waals surface area contributed by atoms with Crippen molar-refractivity contribution in [2.45, 2.75) is 6.10 Å². The van der Waals surface area contributed by atoms with Crippen LogP contribution in [0.15, 0.2) is 91.0 Å². The second-order valence-electron chi connectivity index (χ2n) is 7.99. The second kappa shape index (κ2) is 8.76. The number of nitrogens with one attached hydrogen (secondary N) is 1. The fraction of sp³-hybridized carbons (Fsp3) is 0.111. The molecule has 0 fully saturated rings. The first-order valence-corrected chi connectivity index (χ1v) is 12.6. The molecule has 1 unspecified atom stereocenters. The summed E-state index contributed by atoms with van der Waals surface area (Å²) in [5, 5.41) is 0. The molecular weight excluding hydrogens is 450 g/mol. The average molecular weight is 474 g/mol. The molecule has 34 heavy (non-hydrogen) atoms. The fourth-order valence-corrected chi connectivity index (χ4v) is 4.66. The Balaban J connectivity index is 1.56. The summed E-state index contributed by atoms with van der Waals surface area (Å²) in [5.74, 6) is 2.85. The minimum Gasteiger partial charge on any atom is -0.496 e. The van der Waals surface area contributed by atoms with Gasteiger partial charge in [0.15, 0.2) is 0 Å². The molecule has 5 rings (SSSR count). The number of rotatable bonds is 6. The summed E-state index contributed by atoms with van der Waals surface area (Å²) in [6, 6.07) is 28.4. The van der Waals surface area contributed by atoms with Crippen molar-refractivity contribution in [3.8, 4) is 34.1 Å². The molecule has 6 nitrogen and oxygen atoms in total. The lowest BCUT2D eigenvalue weighted by atomic mass is 9.89. The third-order valence-electron chi connectivity index (χ3n) is 5.52. The van der Waals surface area contributed by atoms with Crippen LogP contribution in [0.4, 0.5) is 5.69 Å². The van der Waals surface area contributed by atoms with Crippen molar-refractivity contribution in [1.29, 1.82) is 0 Å². The smallest absolute Gasteiger partial charge is 0.229 e. The number of fused-ring (bicyclic) bond motifs is 3. The first kappa shape index (κ1) is 21.9. The van der Waals surface area contributed by atoms with E-state index in [-0.39, 0.29) is 0 Å². The van der Waals surface area contributed by atoms with Crippen molar-refractivity contribution in [1.82, 2.24) is 0 Å². The molecule has 4 aromatic carbocycles. The van der Waals surface area contributed by atoms with E-state index < -0.39 is 16.1 Å². The Kier molecular flexibility index (Phi) is 5.63. The molecule has 0 amide bonds. The van der Waals surface area contributed by atoms with Crippen LogP contribution in [0.2, 0.25) is 0 Å². The number of ether oxygens (including phenoxy) is 3. The lowest BCUT2D eigenvalue weighted by Gasteiger charge is -2.30. The predicted molar refractivity (Wildman–Crippen MR) is 132 cm³/mol. The zero-order chi connectivity index (χ0) is 23.7. The van der Waals surface area contributed by atoms with Crippen LogP contribution in [0.3, 0.4) is 0 Å². The molecular formula is C27H23NO5S. The Morgan fingerprint density at radius 3 is 2.29 bits per heavy atom. The highest BCUT2D eigenvalue weighted by atomic mass is 32.2. The Morgan fingerprint density at radius 1 is 0.853 bits per heavy atom. The van der Waals surface area contributed by atoms with Crippen LogP contribution in [0.5, 0.6) is 23.0 Å². The molecule has 7 heteroatoms. The van der Waals surface area contributed by atoms with E-state index in [1.807, 2.05) is 84.9 Å². The molecule has 1 N–H and O–H groups in total. The van der Waals surface area contributed by atoms with Gasteiger partial charge in [-0.3, -0.25) is 4.72 Å².